The molecule has 2 heterocycles. The van der Waals surface area contributed by atoms with Crippen LogP contribution in [0, 0.1) is 0 Å². The van der Waals surface area contributed by atoms with Gasteiger partial charge in [0.05, 0.1) is 17.1 Å². The topological polar surface area (TPSA) is 17.3 Å². The number of aromatic nitrogens is 1. The molecule has 1 aliphatic heterocycles. The minimum atomic E-state index is -2.87. The lowest BCUT2D eigenvalue weighted by Gasteiger charge is -2.21. The van der Waals surface area contributed by atoms with Crippen molar-refractivity contribution >= 4 is 24.3 Å². The number of hydrogen-bond donors (Lipinski definition) is 0. The smallest absolute Gasteiger partial charge is 0.324 e. The minimum Gasteiger partial charge on any atom is -0.324 e. The van der Waals surface area contributed by atoms with Gasteiger partial charge in [-0.2, -0.15) is 0 Å². The predicted molar refractivity (Wildman–Crippen MR) is 267 cm³/mol. The Morgan fingerprint density at radius 1 is 0.453 bits per heavy atom. The Kier molecular flexibility index (Phi) is 11.4. The summed E-state index contributed by atoms with van der Waals surface area (Å²) in [6, 6.07) is 65.9. The van der Waals surface area contributed by atoms with E-state index in [4.69, 9.17) is 4.99 Å². The van der Waals surface area contributed by atoms with Crippen LogP contribution in [0.3, 0.4) is 0 Å². The molecular formula is C59H51BF2N2. The summed E-state index contributed by atoms with van der Waals surface area (Å²) in [6.07, 6.45) is 2.12. The van der Waals surface area contributed by atoms with Gasteiger partial charge in [-0.15, -0.1) is 0 Å². The number of halogens is 2. The van der Waals surface area contributed by atoms with E-state index in [1.54, 1.807) is 0 Å². The van der Waals surface area contributed by atoms with Crippen LogP contribution in [-0.2, 0) is 10.8 Å². The summed E-state index contributed by atoms with van der Waals surface area (Å²) < 4.78 is 34.0. The second-order valence-electron chi connectivity index (χ2n) is 18.6. The Morgan fingerprint density at radius 3 is 1.33 bits per heavy atom. The summed E-state index contributed by atoms with van der Waals surface area (Å²) in [5.74, 6) is 0. The molecule has 0 spiro atoms. The molecule has 64 heavy (non-hydrogen) atoms. The third-order valence-corrected chi connectivity index (χ3v) is 12.2. The number of rotatable bonds is 9. The van der Waals surface area contributed by atoms with Crippen molar-refractivity contribution in [2.75, 3.05) is 0 Å². The maximum Gasteiger partial charge on any atom is 0.678 e. The predicted octanol–water partition coefficient (Wildman–Crippen LogP) is 15.9. The van der Waals surface area contributed by atoms with E-state index in [1.165, 1.54) is 10.0 Å². The second-order valence-corrected chi connectivity index (χ2v) is 18.6. The lowest BCUT2D eigenvalue weighted by molar-refractivity contribution is 0.590. The fourth-order valence-electron chi connectivity index (χ4n) is 8.62. The van der Waals surface area contributed by atoms with Crippen LogP contribution in [-0.4, -0.2) is 17.6 Å². The lowest BCUT2D eigenvalue weighted by atomic mass is 9.85. The van der Waals surface area contributed by atoms with Crippen molar-refractivity contribution in [1.29, 1.82) is 0 Å². The molecule has 0 atom stereocenters. The van der Waals surface area contributed by atoms with Crippen molar-refractivity contribution in [3.63, 3.8) is 0 Å². The SMILES string of the molecule is CC(C)(C)c1ccc(-c2cc(-c3ccc(C(C)(C)C)cc3)n(B(F)F)c2/C(=C2\N=C(c3ccc(-c4ccccc4)cc3)C=C2c2ccc(-c3ccccc3)cc2)c2ccccc2)cc1. The van der Waals surface area contributed by atoms with Crippen molar-refractivity contribution in [2.45, 2.75) is 52.4 Å². The highest BCUT2D eigenvalue weighted by Gasteiger charge is 2.34. The fraction of sp³-hybridized carbons (Fsp3) is 0.136. The van der Waals surface area contributed by atoms with Gasteiger partial charge in [-0.3, -0.25) is 8.63 Å². The van der Waals surface area contributed by atoms with E-state index in [0.717, 1.165) is 61.4 Å². The summed E-state index contributed by atoms with van der Waals surface area (Å²) in [6.45, 7) is 13.0. The molecule has 0 amide bonds. The molecule has 1 aromatic heterocycles. The summed E-state index contributed by atoms with van der Waals surface area (Å²) in [5.41, 5.74) is 15.2. The molecule has 1 aliphatic rings. The van der Waals surface area contributed by atoms with Gasteiger partial charge >= 0.3 is 7.40 Å². The average Bonchev–Trinajstić information content (AvgIpc) is 3.93. The highest BCUT2D eigenvalue weighted by Crippen LogP contribution is 2.46. The zero-order chi connectivity index (χ0) is 44.6. The molecule has 0 unspecified atom stereocenters. The molecule has 0 aliphatic carbocycles. The standard InChI is InChI=1S/C59H51BF2N2/c1-58(2,3)49-34-30-45(31-35-49)52-39-54(47-32-36-50(37-33-47)59(4,5)6)64(60(61)62)57(52)55(48-20-14-9-15-21-48)56-51(44-26-22-42(23-27-44)40-16-10-7-11-17-40)38-53(63-56)46-28-24-43(25-29-46)41-18-12-8-13-19-41/h7-39H,1-6H3/b56-55-. The highest BCUT2D eigenvalue weighted by molar-refractivity contribution is 6.42. The van der Waals surface area contributed by atoms with Gasteiger partial charge in [-0.25, -0.2) is 4.99 Å². The third kappa shape index (κ3) is 8.51. The molecule has 0 radical (unpaired) electrons. The first kappa shape index (κ1) is 42.2. The van der Waals surface area contributed by atoms with Crippen molar-refractivity contribution in [2.24, 2.45) is 4.99 Å². The minimum absolute atomic E-state index is 0.0859. The zero-order valence-electron chi connectivity index (χ0n) is 37.3. The van der Waals surface area contributed by atoms with Gasteiger partial charge < -0.3 is 4.48 Å². The van der Waals surface area contributed by atoms with E-state index in [-0.39, 0.29) is 10.8 Å². The van der Waals surface area contributed by atoms with Crippen LogP contribution in [0.4, 0.5) is 8.63 Å². The molecule has 0 N–H and O–H groups in total. The van der Waals surface area contributed by atoms with E-state index in [1.807, 2.05) is 84.9 Å². The Hall–Kier alpha value is -7.11. The Bertz CT molecular complexity index is 3000. The summed E-state index contributed by atoms with van der Waals surface area (Å²) in [7, 11) is -2.87. The molecular weight excluding hydrogens is 785 g/mol. The largest absolute Gasteiger partial charge is 0.678 e. The van der Waals surface area contributed by atoms with Crippen molar-refractivity contribution < 1.29 is 8.63 Å². The van der Waals surface area contributed by atoms with E-state index in [9.17, 15) is 0 Å². The van der Waals surface area contributed by atoms with Crippen molar-refractivity contribution in [3.8, 4) is 44.6 Å². The van der Waals surface area contributed by atoms with Gasteiger partial charge in [0.2, 0.25) is 0 Å². The third-order valence-electron chi connectivity index (χ3n) is 12.2. The Balaban J connectivity index is 1.33. The Morgan fingerprint density at radius 2 is 0.859 bits per heavy atom. The number of aliphatic imine (C=N–C) groups is 1. The van der Waals surface area contributed by atoms with Crippen LogP contribution >= 0.6 is 0 Å². The number of hydrogen-bond acceptors (Lipinski definition) is 1. The van der Waals surface area contributed by atoms with Crippen LogP contribution in [0.5, 0.6) is 0 Å². The van der Waals surface area contributed by atoms with Crippen LogP contribution in [0.1, 0.15) is 75.1 Å². The molecule has 314 valence electrons. The zero-order valence-corrected chi connectivity index (χ0v) is 37.3. The molecule has 0 bridgehead atoms. The molecule has 2 nitrogen and oxygen atoms in total. The van der Waals surface area contributed by atoms with Crippen LogP contribution in [0.2, 0.25) is 0 Å². The van der Waals surface area contributed by atoms with Gasteiger partial charge in [-0.1, -0.05) is 230 Å². The van der Waals surface area contributed by atoms with E-state index in [0.29, 0.717) is 33.8 Å². The van der Waals surface area contributed by atoms with E-state index in [2.05, 4.69) is 157 Å². The van der Waals surface area contributed by atoms with Crippen LogP contribution < -0.4 is 0 Å². The van der Waals surface area contributed by atoms with Crippen LogP contribution in [0.25, 0.3) is 55.8 Å². The molecule has 0 fully saturated rings. The Labute approximate surface area is 377 Å². The monoisotopic (exact) mass is 836 g/mol. The fourth-order valence-corrected chi connectivity index (χ4v) is 8.62. The number of benzene rings is 7. The van der Waals surface area contributed by atoms with Gasteiger partial charge in [0.1, 0.15) is 0 Å². The van der Waals surface area contributed by atoms with Gasteiger partial charge in [-0.05, 0) is 78.6 Å². The van der Waals surface area contributed by atoms with E-state index >= 15 is 8.63 Å². The average molecular weight is 837 g/mol. The summed E-state index contributed by atoms with van der Waals surface area (Å²) >= 11 is 0. The maximum atomic E-state index is 16.4. The van der Waals surface area contributed by atoms with Crippen molar-refractivity contribution in [1.82, 2.24) is 4.48 Å². The first-order chi connectivity index (χ1) is 30.8. The summed E-state index contributed by atoms with van der Waals surface area (Å²) in [5, 5.41) is 0. The van der Waals surface area contributed by atoms with Gasteiger partial charge in [0, 0.05) is 28.0 Å². The van der Waals surface area contributed by atoms with Gasteiger partial charge in [0.15, 0.2) is 0 Å². The van der Waals surface area contributed by atoms with Crippen LogP contribution in [0.15, 0.2) is 211 Å². The normalized spacial score (nSPS) is 13.7. The number of nitrogens with zero attached hydrogens (tertiary/aromatic N) is 2. The molecule has 9 rings (SSSR count). The molecule has 7 aromatic carbocycles. The summed E-state index contributed by atoms with van der Waals surface area (Å²) in [4.78, 5) is 5.50. The first-order valence-corrected chi connectivity index (χ1v) is 22.0. The highest BCUT2D eigenvalue weighted by atomic mass is 19.2. The van der Waals surface area contributed by atoms with E-state index < -0.39 is 7.40 Å². The first-order valence-electron chi connectivity index (χ1n) is 22.0. The molecule has 8 aromatic rings. The molecule has 5 heteroatoms. The van der Waals surface area contributed by atoms with Gasteiger partial charge in [0.25, 0.3) is 0 Å². The maximum absolute atomic E-state index is 16.4. The molecule has 0 saturated heterocycles. The molecule has 0 saturated carbocycles. The van der Waals surface area contributed by atoms with Crippen molar-refractivity contribution in [3.05, 3.63) is 239 Å². The number of allylic oxidation sites excluding steroid dienone is 2. The quantitative estimate of drug-likeness (QED) is 0.129. The second kappa shape index (κ2) is 17.2. The lowest BCUT2D eigenvalue weighted by Crippen LogP contribution is -2.18.